The topological polar surface area (TPSA) is 65.0 Å². The fourth-order valence-electron chi connectivity index (χ4n) is 1.29. The van der Waals surface area contributed by atoms with Crippen molar-refractivity contribution in [3.63, 3.8) is 0 Å². The van der Waals surface area contributed by atoms with E-state index in [0.29, 0.717) is 5.75 Å². The van der Waals surface area contributed by atoms with Crippen molar-refractivity contribution in [1.29, 1.82) is 0 Å². The van der Waals surface area contributed by atoms with Crippen LogP contribution in [0.15, 0.2) is 24.8 Å². The Labute approximate surface area is 99.2 Å². The molecule has 0 saturated carbocycles. The maximum absolute atomic E-state index is 11.3. The van der Waals surface area contributed by atoms with Crippen molar-refractivity contribution in [3.8, 4) is 17.2 Å². The Bertz CT molecular complexity index is 425. The van der Waals surface area contributed by atoms with Crippen molar-refractivity contribution in [1.82, 2.24) is 0 Å². The summed E-state index contributed by atoms with van der Waals surface area (Å²) in [4.78, 5) is 11.3. The number of hydrogen-bond donors (Lipinski definition) is 1. The maximum atomic E-state index is 11.3. The minimum Gasteiger partial charge on any atom is -0.504 e. The molecule has 0 heterocycles. The Kier molecular flexibility index (Phi) is 4.39. The van der Waals surface area contributed by atoms with Crippen LogP contribution in [0.3, 0.4) is 0 Å². The molecule has 1 rings (SSSR count). The average Bonchev–Trinajstić information content (AvgIpc) is 2.35. The lowest BCUT2D eigenvalue weighted by atomic mass is 10.1. The van der Waals surface area contributed by atoms with E-state index in [1.54, 1.807) is 6.08 Å². The Hall–Kier alpha value is -2.17. The summed E-state index contributed by atoms with van der Waals surface area (Å²) in [6, 6.07) is 2.93. The summed E-state index contributed by atoms with van der Waals surface area (Å²) in [5.41, 5.74) is 0.0234. The van der Waals surface area contributed by atoms with Crippen molar-refractivity contribution < 1.29 is 24.1 Å². The molecule has 0 radical (unpaired) electrons. The molecule has 5 nitrogen and oxygen atoms in total. The van der Waals surface area contributed by atoms with E-state index in [0.717, 1.165) is 0 Å². The molecule has 0 aromatic heterocycles. The highest BCUT2D eigenvalue weighted by molar-refractivity contribution is 5.93. The van der Waals surface area contributed by atoms with Crippen molar-refractivity contribution in [2.75, 3.05) is 20.8 Å². The van der Waals surface area contributed by atoms with E-state index >= 15 is 0 Å². The van der Waals surface area contributed by atoms with Gasteiger partial charge in [0.25, 0.3) is 0 Å². The predicted molar refractivity (Wildman–Crippen MR) is 61.7 cm³/mol. The molecule has 0 fully saturated rings. The molecular weight excluding hydrogens is 224 g/mol. The van der Waals surface area contributed by atoms with Crippen molar-refractivity contribution in [2.24, 2.45) is 0 Å². The van der Waals surface area contributed by atoms with E-state index in [-0.39, 0.29) is 23.7 Å². The van der Waals surface area contributed by atoms with Crippen LogP contribution in [0.4, 0.5) is 0 Å². The van der Waals surface area contributed by atoms with Crippen LogP contribution in [0.25, 0.3) is 0 Å². The van der Waals surface area contributed by atoms with Crippen LogP contribution in [-0.2, 0) is 4.74 Å². The number of hydrogen-bond acceptors (Lipinski definition) is 5. The third kappa shape index (κ3) is 2.69. The average molecular weight is 238 g/mol. The predicted octanol–water partition coefficient (Wildman–Crippen LogP) is 1.75. The second-order valence-electron chi connectivity index (χ2n) is 3.08. The number of carbonyl (C=O) groups excluding carboxylic acids is 1. The van der Waals surface area contributed by atoms with E-state index in [1.807, 2.05) is 0 Å². The van der Waals surface area contributed by atoms with Crippen molar-refractivity contribution in [2.45, 2.75) is 0 Å². The van der Waals surface area contributed by atoms with Gasteiger partial charge in [0, 0.05) is 0 Å². The number of ether oxygens (including phenoxy) is 3. The molecule has 0 bridgehead atoms. The summed E-state index contributed by atoms with van der Waals surface area (Å²) >= 11 is 0. The first-order valence-corrected chi connectivity index (χ1v) is 4.87. The summed E-state index contributed by atoms with van der Waals surface area (Å²) < 4.78 is 14.8. The smallest absolute Gasteiger partial charge is 0.341 e. The SMILES string of the molecule is C=CCOc1ccc(C(=O)OC)c(O)c1OC. The van der Waals surface area contributed by atoms with Crippen LogP contribution in [0.1, 0.15) is 10.4 Å². The first-order valence-electron chi connectivity index (χ1n) is 4.87. The minimum absolute atomic E-state index is 0.0234. The van der Waals surface area contributed by atoms with Gasteiger partial charge in [0.2, 0.25) is 5.75 Å². The van der Waals surface area contributed by atoms with Crippen LogP contribution >= 0.6 is 0 Å². The zero-order valence-electron chi connectivity index (χ0n) is 9.73. The van der Waals surface area contributed by atoms with Crippen LogP contribution in [-0.4, -0.2) is 31.9 Å². The lowest BCUT2D eigenvalue weighted by Crippen LogP contribution is -2.04. The van der Waals surface area contributed by atoms with Gasteiger partial charge in [-0.1, -0.05) is 12.7 Å². The van der Waals surface area contributed by atoms with Gasteiger partial charge in [-0.05, 0) is 12.1 Å². The first kappa shape index (κ1) is 12.9. The number of aromatic hydroxyl groups is 1. The Morgan fingerprint density at radius 2 is 2.18 bits per heavy atom. The van der Waals surface area contributed by atoms with Crippen molar-refractivity contribution >= 4 is 5.97 Å². The summed E-state index contributed by atoms with van der Waals surface area (Å²) in [5, 5.41) is 9.84. The molecule has 0 spiro atoms. The van der Waals surface area contributed by atoms with Crippen LogP contribution in [0.5, 0.6) is 17.2 Å². The highest BCUT2D eigenvalue weighted by atomic mass is 16.5. The number of carbonyl (C=O) groups is 1. The fraction of sp³-hybridized carbons (Fsp3) is 0.250. The second kappa shape index (κ2) is 5.79. The number of esters is 1. The number of phenols is 1. The number of rotatable bonds is 5. The lowest BCUT2D eigenvalue weighted by molar-refractivity contribution is 0.0596. The molecule has 1 aromatic carbocycles. The lowest BCUT2D eigenvalue weighted by Gasteiger charge is -2.12. The second-order valence-corrected chi connectivity index (χ2v) is 3.08. The quantitative estimate of drug-likeness (QED) is 0.625. The molecule has 5 heteroatoms. The summed E-state index contributed by atoms with van der Waals surface area (Å²) in [6.07, 6.45) is 1.56. The third-order valence-corrected chi connectivity index (χ3v) is 2.06. The molecule has 1 aromatic rings. The largest absolute Gasteiger partial charge is 0.504 e. The molecule has 0 amide bonds. The summed E-state index contributed by atoms with van der Waals surface area (Å²) in [6.45, 7) is 3.78. The molecule has 0 saturated heterocycles. The van der Waals surface area contributed by atoms with Gasteiger partial charge in [-0.15, -0.1) is 0 Å². The molecular formula is C12H14O5. The van der Waals surface area contributed by atoms with Crippen LogP contribution < -0.4 is 9.47 Å². The molecule has 0 unspecified atom stereocenters. The fourth-order valence-corrected chi connectivity index (χ4v) is 1.29. The zero-order chi connectivity index (χ0) is 12.8. The molecule has 0 atom stereocenters. The Morgan fingerprint density at radius 3 is 2.71 bits per heavy atom. The van der Waals surface area contributed by atoms with Gasteiger partial charge in [-0.3, -0.25) is 0 Å². The van der Waals surface area contributed by atoms with Crippen molar-refractivity contribution in [3.05, 3.63) is 30.4 Å². The van der Waals surface area contributed by atoms with Gasteiger partial charge in [0.15, 0.2) is 11.5 Å². The summed E-state index contributed by atoms with van der Waals surface area (Å²) in [5.74, 6) is -0.524. The normalized spacial score (nSPS) is 9.53. The monoisotopic (exact) mass is 238 g/mol. The Balaban J connectivity index is 3.16. The molecule has 17 heavy (non-hydrogen) atoms. The molecule has 0 aliphatic heterocycles. The Morgan fingerprint density at radius 1 is 1.47 bits per heavy atom. The first-order chi connectivity index (χ1) is 8.15. The number of benzene rings is 1. The van der Waals surface area contributed by atoms with Gasteiger partial charge in [-0.2, -0.15) is 0 Å². The van der Waals surface area contributed by atoms with Crippen LogP contribution in [0.2, 0.25) is 0 Å². The maximum Gasteiger partial charge on any atom is 0.341 e. The van der Waals surface area contributed by atoms with Crippen LogP contribution in [0, 0.1) is 0 Å². The molecule has 92 valence electrons. The molecule has 0 aliphatic rings. The van der Waals surface area contributed by atoms with E-state index in [2.05, 4.69) is 11.3 Å². The van der Waals surface area contributed by atoms with Gasteiger partial charge >= 0.3 is 5.97 Å². The molecule has 0 aliphatic carbocycles. The molecule has 1 N–H and O–H groups in total. The van der Waals surface area contributed by atoms with E-state index in [9.17, 15) is 9.90 Å². The third-order valence-electron chi connectivity index (χ3n) is 2.06. The zero-order valence-corrected chi connectivity index (χ0v) is 9.73. The number of methoxy groups -OCH3 is 2. The van der Waals surface area contributed by atoms with E-state index in [1.165, 1.54) is 26.4 Å². The highest BCUT2D eigenvalue weighted by Gasteiger charge is 2.19. The number of phenolic OH excluding ortho intramolecular Hbond substituents is 1. The summed E-state index contributed by atoms with van der Waals surface area (Å²) in [7, 11) is 2.60. The van der Waals surface area contributed by atoms with Gasteiger partial charge in [0.05, 0.1) is 14.2 Å². The van der Waals surface area contributed by atoms with E-state index in [4.69, 9.17) is 9.47 Å². The highest BCUT2D eigenvalue weighted by Crippen LogP contribution is 2.39. The minimum atomic E-state index is -0.643. The van der Waals surface area contributed by atoms with Gasteiger partial charge < -0.3 is 19.3 Å². The van der Waals surface area contributed by atoms with Gasteiger partial charge in [0.1, 0.15) is 12.2 Å². The van der Waals surface area contributed by atoms with E-state index < -0.39 is 5.97 Å². The standard InChI is InChI=1S/C12H14O5/c1-4-7-17-9-6-5-8(12(14)16-3)10(13)11(9)15-2/h4-6,13H,1,7H2,2-3H3. The van der Waals surface area contributed by atoms with Gasteiger partial charge in [-0.25, -0.2) is 4.79 Å².